The van der Waals surface area contributed by atoms with Gasteiger partial charge in [0.1, 0.15) is 0 Å². The van der Waals surface area contributed by atoms with Gasteiger partial charge in [-0.1, -0.05) is 73.5 Å². The maximum Gasteiger partial charge on any atom is 0.421 e. The molecule has 198 valence electrons. The van der Waals surface area contributed by atoms with Crippen LogP contribution >= 0.6 is 0 Å². The number of unbranched alkanes of at least 4 members (excludes halogenated alkanes) is 1. The van der Waals surface area contributed by atoms with E-state index in [9.17, 15) is 18.3 Å². The summed E-state index contributed by atoms with van der Waals surface area (Å²) in [5.74, 6) is 0. The van der Waals surface area contributed by atoms with E-state index >= 15 is 0 Å². The van der Waals surface area contributed by atoms with Gasteiger partial charge in [-0.2, -0.15) is 5.10 Å². The highest BCUT2D eigenvalue weighted by Gasteiger charge is 2.28. The molecule has 7 nitrogen and oxygen atoms in total. The maximum atomic E-state index is 12.9. The molecule has 0 unspecified atom stereocenters. The van der Waals surface area contributed by atoms with E-state index in [1.54, 1.807) is 12.1 Å². The molecule has 8 heteroatoms. The summed E-state index contributed by atoms with van der Waals surface area (Å²) in [4.78, 5) is 11.8. The fourth-order valence-electron chi connectivity index (χ4n) is 4.50. The van der Waals surface area contributed by atoms with E-state index in [1.165, 1.54) is 12.1 Å². The van der Waals surface area contributed by atoms with Crippen molar-refractivity contribution in [3.05, 3.63) is 101 Å². The van der Waals surface area contributed by atoms with Gasteiger partial charge in [-0.3, -0.25) is 0 Å². The number of carboxylic acid groups (broad SMARTS) is 1. The molecular weight excluding hydrogens is 498 g/mol. The van der Waals surface area contributed by atoms with Crippen molar-refractivity contribution >= 4 is 16.1 Å². The number of hydrogen-bond donors (Lipinski definition) is 1. The van der Waals surface area contributed by atoms with Crippen molar-refractivity contribution in [3.63, 3.8) is 0 Å². The van der Waals surface area contributed by atoms with Gasteiger partial charge in [-0.25, -0.2) is 22.2 Å². The van der Waals surface area contributed by atoms with Crippen molar-refractivity contribution in [2.24, 2.45) is 0 Å². The molecule has 0 atom stereocenters. The largest absolute Gasteiger partial charge is 0.464 e. The van der Waals surface area contributed by atoms with Gasteiger partial charge in [0, 0.05) is 17.8 Å². The second-order valence-electron chi connectivity index (χ2n) is 9.38. The minimum absolute atomic E-state index is 0.0388. The lowest BCUT2D eigenvalue weighted by Gasteiger charge is -2.19. The van der Waals surface area contributed by atoms with Crippen LogP contribution in [0.3, 0.4) is 0 Å². The number of amides is 1. The van der Waals surface area contributed by atoms with Crippen LogP contribution < -0.4 is 0 Å². The number of sulfonamides is 1. The van der Waals surface area contributed by atoms with Crippen LogP contribution in [0.1, 0.15) is 42.3 Å². The van der Waals surface area contributed by atoms with Gasteiger partial charge in [0.25, 0.3) is 10.0 Å². The lowest BCUT2D eigenvalue weighted by molar-refractivity contribution is 0.172. The number of benzene rings is 3. The number of nitrogens with zero attached hydrogens (tertiary/aromatic N) is 3. The van der Waals surface area contributed by atoms with Gasteiger partial charge in [-0.05, 0) is 68.5 Å². The van der Waals surface area contributed by atoms with Gasteiger partial charge in [0.15, 0.2) is 0 Å². The summed E-state index contributed by atoms with van der Waals surface area (Å²) in [7, 11) is -4.16. The lowest BCUT2D eigenvalue weighted by atomic mass is 10.0. The Morgan fingerprint density at radius 3 is 2.18 bits per heavy atom. The van der Waals surface area contributed by atoms with Gasteiger partial charge in [0.05, 0.1) is 16.3 Å². The molecule has 0 saturated carbocycles. The molecule has 0 aliphatic rings. The van der Waals surface area contributed by atoms with E-state index < -0.39 is 16.1 Å². The van der Waals surface area contributed by atoms with E-state index in [-0.39, 0.29) is 17.9 Å². The minimum atomic E-state index is -4.16. The molecule has 1 aromatic heterocycles. The van der Waals surface area contributed by atoms with E-state index in [0.717, 1.165) is 58.6 Å². The predicted molar refractivity (Wildman–Crippen MR) is 149 cm³/mol. The van der Waals surface area contributed by atoms with E-state index in [1.807, 2.05) is 54.1 Å². The summed E-state index contributed by atoms with van der Waals surface area (Å²) < 4.78 is 28.3. The molecule has 0 aliphatic carbocycles. The van der Waals surface area contributed by atoms with Crippen molar-refractivity contribution in [2.75, 3.05) is 6.54 Å². The summed E-state index contributed by atoms with van der Waals surface area (Å²) >= 11 is 0. The smallest absolute Gasteiger partial charge is 0.421 e. The van der Waals surface area contributed by atoms with Crippen LogP contribution in [0.4, 0.5) is 4.79 Å². The average Bonchev–Trinajstić information content (AvgIpc) is 3.24. The van der Waals surface area contributed by atoms with Crippen LogP contribution in [-0.4, -0.2) is 40.2 Å². The van der Waals surface area contributed by atoms with Crippen LogP contribution in [-0.2, 0) is 22.9 Å². The molecule has 0 radical (unpaired) electrons. The zero-order valence-electron chi connectivity index (χ0n) is 22.0. The highest BCUT2D eigenvalue weighted by molar-refractivity contribution is 7.89. The standard InChI is InChI=1S/C30H33N3O4S/c1-4-5-11-28-29(25-9-7-6-8-10-25)23(3)33(31-28)26-16-14-24(15-17-26)20-21-32(30(34)35)38(36,37)27-18-12-22(2)13-19-27/h6-10,12-19H,4-5,11,20-21H2,1-3H3,(H,34,35). The first-order chi connectivity index (χ1) is 18.2. The van der Waals surface area contributed by atoms with Crippen molar-refractivity contribution < 1.29 is 18.3 Å². The maximum absolute atomic E-state index is 12.9. The van der Waals surface area contributed by atoms with Crippen LogP contribution in [0.5, 0.6) is 0 Å². The van der Waals surface area contributed by atoms with Crippen molar-refractivity contribution in [1.29, 1.82) is 0 Å². The second kappa shape index (κ2) is 11.6. The number of hydrogen-bond acceptors (Lipinski definition) is 4. The van der Waals surface area contributed by atoms with Crippen LogP contribution in [0, 0.1) is 13.8 Å². The van der Waals surface area contributed by atoms with Gasteiger partial charge < -0.3 is 5.11 Å². The predicted octanol–water partition coefficient (Wildman–Crippen LogP) is 6.41. The van der Waals surface area contributed by atoms with Crippen LogP contribution in [0.2, 0.25) is 0 Å². The molecule has 0 bridgehead atoms. The quantitative estimate of drug-likeness (QED) is 0.255. The normalized spacial score (nSPS) is 11.4. The van der Waals surface area contributed by atoms with Gasteiger partial charge >= 0.3 is 6.09 Å². The molecule has 1 heterocycles. The van der Waals surface area contributed by atoms with Gasteiger partial charge in [0.2, 0.25) is 0 Å². The Balaban J connectivity index is 1.56. The minimum Gasteiger partial charge on any atom is -0.464 e. The molecule has 38 heavy (non-hydrogen) atoms. The molecule has 4 aromatic rings. The zero-order valence-corrected chi connectivity index (χ0v) is 22.8. The Morgan fingerprint density at radius 2 is 1.58 bits per heavy atom. The van der Waals surface area contributed by atoms with Crippen LogP contribution in [0.15, 0.2) is 83.8 Å². The van der Waals surface area contributed by atoms with E-state index in [2.05, 4.69) is 26.0 Å². The van der Waals surface area contributed by atoms with E-state index in [4.69, 9.17) is 5.10 Å². The Bertz CT molecular complexity index is 1490. The van der Waals surface area contributed by atoms with Gasteiger partial charge in [-0.15, -0.1) is 0 Å². The number of aromatic nitrogens is 2. The molecule has 0 fully saturated rings. The Labute approximate surface area is 224 Å². The molecule has 4 rings (SSSR count). The third kappa shape index (κ3) is 5.81. The number of aryl methyl sites for hydroxylation is 2. The molecule has 3 aromatic carbocycles. The Morgan fingerprint density at radius 1 is 0.921 bits per heavy atom. The first-order valence-corrected chi connectivity index (χ1v) is 14.2. The average molecular weight is 532 g/mol. The molecule has 0 saturated heterocycles. The topological polar surface area (TPSA) is 92.5 Å². The summed E-state index contributed by atoms with van der Waals surface area (Å²) in [6.45, 7) is 5.90. The molecule has 1 amide bonds. The SMILES string of the molecule is CCCCc1nn(-c2ccc(CCN(C(=O)O)S(=O)(=O)c3ccc(C)cc3)cc2)c(C)c1-c1ccccc1. The van der Waals surface area contributed by atoms with Crippen molar-refractivity contribution in [3.8, 4) is 16.8 Å². The second-order valence-corrected chi connectivity index (χ2v) is 11.2. The lowest BCUT2D eigenvalue weighted by Crippen LogP contribution is -2.37. The monoisotopic (exact) mass is 531 g/mol. The highest BCUT2D eigenvalue weighted by Crippen LogP contribution is 2.30. The molecule has 0 spiro atoms. The Hall–Kier alpha value is -3.91. The molecule has 0 aliphatic heterocycles. The molecule has 1 N–H and O–H groups in total. The summed E-state index contributed by atoms with van der Waals surface area (Å²) in [5.41, 5.74) is 7.04. The summed E-state index contributed by atoms with van der Waals surface area (Å²) in [6.07, 6.45) is 1.80. The first-order valence-electron chi connectivity index (χ1n) is 12.8. The van der Waals surface area contributed by atoms with E-state index in [0.29, 0.717) is 4.31 Å². The van der Waals surface area contributed by atoms with Crippen LogP contribution in [0.25, 0.3) is 16.8 Å². The fraction of sp³-hybridized carbons (Fsp3) is 0.267. The summed E-state index contributed by atoms with van der Waals surface area (Å²) in [6, 6.07) is 24.1. The summed E-state index contributed by atoms with van der Waals surface area (Å²) in [5, 5.41) is 14.6. The van der Waals surface area contributed by atoms with Crippen molar-refractivity contribution in [2.45, 2.75) is 51.3 Å². The third-order valence-corrected chi connectivity index (χ3v) is 8.41. The Kier molecular flexibility index (Phi) is 8.32. The number of rotatable bonds is 10. The van der Waals surface area contributed by atoms with Crippen molar-refractivity contribution in [1.82, 2.24) is 14.1 Å². The first kappa shape index (κ1) is 27.1. The third-order valence-electron chi connectivity index (χ3n) is 6.63. The number of carbonyl (C=O) groups is 1. The zero-order chi connectivity index (χ0) is 27.3. The molecular formula is C30H33N3O4S. The fourth-order valence-corrected chi connectivity index (χ4v) is 5.77. The highest BCUT2D eigenvalue weighted by atomic mass is 32.2.